The second kappa shape index (κ2) is 7.59. The topological polar surface area (TPSA) is 12.0 Å². The first-order chi connectivity index (χ1) is 9.97. The van der Waals surface area contributed by atoms with Crippen LogP contribution in [0.3, 0.4) is 0 Å². The van der Waals surface area contributed by atoms with E-state index in [1.807, 2.05) is 19.1 Å². The molecule has 0 heterocycles. The lowest BCUT2D eigenvalue weighted by molar-refractivity contribution is 0.571. The van der Waals surface area contributed by atoms with Crippen LogP contribution < -0.4 is 5.32 Å². The molecule has 2 aromatic carbocycles. The molecule has 112 valence electrons. The molecule has 0 spiro atoms. The standard InChI is InChI=1S/C16H15BrCl2FN/c1-10(14-5-4-13(20)9-15(14)17)21-7-6-11-2-3-12(18)8-16(11)19/h2-5,8-10,21H,6-7H2,1H3. The summed E-state index contributed by atoms with van der Waals surface area (Å²) in [6.45, 7) is 2.81. The van der Waals surface area contributed by atoms with Crippen molar-refractivity contribution in [3.63, 3.8) is 0 Å². The average molecular weight is 391 g/mol. The van der Waals surface area contributed by atoms with Gasteiger partial charge in [0.05, 0.1) is 0 Å². The summed E-state index contributed by atoms with van der Waals surface area (Å²) in [5.74, 6) is -0.245. The zero-order chi connectivity index (χ0) is 15.4. The van der Waals surface area contributed by atoms with Crippen LogP contribution in [0.2, 0.25) is 10.0 Å². The van der Waals surface area contributed by atoms with E-state index < -0.39 is 0 Å². The molecule has 0 radical (unpaired) electrons. The molecule has 1 nitrogen and oxygen atoms in total. The van der Waals surface area contributed by atoms with Crippen molar-refractivity contribution in [1.29, 1.82) is 0 Å². The maximum Gasteiger partial charge on any atom is 0.124 e. The molecule has 0 amide bonds. The predicted molar refractivity (Wildman–Crippen MR) is 90.7 cm³/mol. The first-order valence-electron chi connectivity index (χ1n) is 6.59. The van der Waals surface area contributed by atoms with Crippen LogP contribution in [-0.2, 0) is 6.42 Å². The molecule has 0 saturated carbocycles. The van der Waals surface area contributed by atoms with E-state index in [2.05, 4.69) is 21.2 Å². The SMILES string of the molecule is CC(NCCc1ccc(Cl)cc1Cl)c1ccc(F)cc1Br. The van der Waals surface area contributed by atoms with Gasteiger partial charge in [-0.15, -0.1) is 0 Å². The molecule has 0 aliphatic rings. The third kappa shape index (κ3) is 4.68. The van der Waals surface area contributed by atoms with E-state index in [0.717, 1.165) is 28.6 Å². The van der Waals surface area contributed by atoms with Gasteiger partial charge >= 0.3 is 0 Å². The predicted octanol–water partition coefficient (Wildman–Crippen LogP) is 5.79. The fourth-order valence-electron chi connectivity index (χ4n) is 2.11. The second-order valence-corrected chi connectivity index (χ2v) is 6.53. The Bertz CT molecular complexity index is 634. The number of hydrogen-bond acceptors (Lipinski definition) is 1. The van der Waals surface area contributed by atoms with Gasteiger partial charge in [-0.2, -0.15) is 0 Å². The summed E-state index contributed by atoms with van der Waals surface area (Å²) >= 11 is 15.4. The van der Waals surface area contributed by atoms with Gasteiger partial charge < -0.3 is 5.32 Å². The molecule has 2 rings (SSSR count). The summed E-state index contributed by atoms with van der Waals surface area (Å²) in [5, 5.41) is 4.73. The molecular weight excluding hydrogens is 376 g/mol. The highest BCUT2D eigenvalue weighted by atomic mass is 79.9. The number of hydrogen-bond donors (Lipinski definition) is 1. The van der Waals surface area contributed by atoms with E-state index in [9.17, 15) is 4.39 Å². The van der Waals surface area contributed by atoms with Crippen LogP contribution in [0.25, 0.3) is 0 Å². The quantitative estimate of drug-likeness (QED) is 0.681. The minimum Gasteiger partial charge on any atom is -0.310 e. The highest BCUT2D eigenvalue weighted by Gasteiger charge is 2.10. The van der Waals surface area contributed by atoms with Crippen molar-refractivity contribution < 1.29 is 4.39 Å². The summed E-state index contributed by atoms with van der Waals surface area (Å²) in [6, 6.07) is 10.4. The van der Waals surface area contributed by atoms with Gasteiger partial charge in [-0.1, -0.05) is 51.3 Å². The van der Waals surface area contributed by atoms with Crippen molar-refractivity contribution in [3.8, 4) is 0 Å². The van der Waals surface area contributed by atoms with Crippen LogP contribution in [0.5, 0.6) is 0 Å². The summed E-state index contributed by atoms with van der Waals surface area (Å²) in [7, 11) is 0. The van der Waals surface area contributed by atoms with Crippen LogP contribution in [0.1, 0.15) is 24.1 Å². The van der Waals surface area contributed by atoms with Gasteiger partial charge in [-0.3, -0.25) is 0 Å². The third-order valence-corrected chi connectivity index (χ3v) is 4.56. The van der Waals surface area contributed by atoms with E-state index in [1.54, 1.807) is 12.1 Å². The van der Waals surface area contributed by atoms with Gasteiger partial charge in [0, 0.05) is 20.6 Å². The van der Waals surface area contributed by atoms with Crippen molar-refractivity contribution in [2.24, 2.45) is 0 Å². The van der Waals surface area contributed by atoms with Crippen LogP contribution in [0.15, 0.2) is 40.9 Å². The molecule has 0 aliphatic carbocycles. The third-order valence-electron chi connectivity index (χ3n) is 3.29. The molecule has 1 N–H and O–H groups in total. The Morgan fingerprint density at radius 3 is 2.62 bits per heavy atom. The molecule has 0 saturated heterocycles. The van der Waals surface area contributed by atoms with Crippen molar-refractivity contribution in [3.05, 3.63) is 67.9 Å². The van der Waals surface area contributed by atoms with Crippen LogP contribution in [-0.4, -0.2) is 6.54 Å². The Morgan fingerprint density at radius 1 is 1.19 bits per heavy atom. The smallest absolute Gasteiger partial charge is 0.124 e. The first kappa shape index (κ1) is 16.8. The van der Waals surface area contributed by atoms with E-state index in [0.29, 0.717) is 10.0 Å². The molecule has 0 fully saturated rings. The van der Waals surface area contributed by atoms with Crippen molar-refractivity contribution in [2.45, 2.75) is 19.4 Å². The van der Waals surface area contributed by atoms with Crippen LogP contribution >= 0.6 is 39.1 Å². The monoisotopic (exact) mass is 389 g/mol. The Hall–Kier alpha value is -0.610. The summed E-state index contributed by atoms with van der Waals surface area (Å²) < 4.78 is 13.9. The number of nitrogens with one attached hydrogen (secondary N) is 1. The highest BCUT2D eigenvalue weighted by molar-refractivity contribution is 9.10. The molecule has 1 unspecified atom stereocenters. The summed E-state index contributed by atoms with van der Waals surface area (Å²) in [5.41, 5.74) is 2.08. The van der Waals surface area contributed by atoms with Gasteiger partial charge in [0.25, 0.3) is 0 Å². The van der Waals surface area contributed by atoms with Crippen LogP contribution in [0.4, 0.5) is 4.39 Å². The molecule has 0 bridgehead atoms. The summed E-state index contributed by atoms with van der Waals surface area (Å²) in [6.07, 6.45) is 0.805. The van der Waals surface area contributed by atoms with E-state index in [1.165, 1.54) is 12.1 Å². The Labute approximate surface area is 142 Å². The van der Waals surface area contributed by atoms with Crippen molar-refractivity contribution >= 4 is 39.1 Å². The lowest BCUT2D eigenvalue weighted by atomic mass is 10.1. The molecule has 0 aliphatic heterocycles. The minimum absolute atomic E-state index is 0.117. The number of benzene rings is 2. The minimum atomic E-state index is -0.245. The lowest BCUT2D eigenvalue weighted by Gasteiger charge is -2.16. The lowest BCUT2D eigenvalue weighted by Crippen LogP contribution is -2.21. The first-order valence-corrected chi connectivity index (χ1v) is 8.14. The van der Waals surface area contributed by atoms with Gasteiger partial charge in [0.1, 0.15) is 5.82 Å². The van der Waals surface area contributed by atoms with E-state index in [4.69, 9.17) is 23.2 Å². The fourth-order valence-corrected chi connectivity index (χ4v) is 3.31. The molecule has 2 aromatic rings. The molecule has 1 atom stereocenters. The molecular formula is C16H15BrCl2FN. The van der Waals surface area contributed by atoms with Gasteiger partial charge in [0.15, 0.2) is 0 Å². The average Bonchev–Trinajstić information content (AvgIpc) is 2.41. The van der Waals surface area contributed by atoms with Crippen molar-refractivity contribution in [2.75, 3.05) is 6.54 Å². The number of rotatable bonds is 5. The number of halogens is 4. The van der Waals surface area contributed by atoms with E-state index >= 15 is 0 Å². The molecule has 21 heavy (non-hydrogen) atoms. The van der Waals surface area contributed by atoms with Crippen molar-refractivity contribution in [1.82, 2.24) is 5.32 Å². The molecule has 0 aromatic heterocycles. The Morgan fingerprint density at radius 2 is 1.95 bits per heavy atom. The van der Waals surface area contributed by atoms with Crippen LogP contribution in [0, 0.1) is 5.82 Å². The largest absolute Gasteiger partial charge is 0.310 e. The zero-order valence-electron chi connectivity index (χ0n) is 11.5. The Kier molecular flexibility index (Phi) is 6.06. The van der Waals surface area contributed by atoms with Gasteiger partial charge in [-0.05, 0) is 55.3 Å². The summed E-state index contributed by atoms with van der Waals surface area (Å²) in [4.78, 5) is 0. The maximum atomic E-state index is 13.1. The molecule has 5 heteroatoms. The van der Waals surface area contributed by atoms with E-state index in [-0.39, 0.29) is 11.9 Å². The van der Waals surface area contributed by atoms with Gasteiger partial charge in [-0.25, -0.2) is 4.39 Å². The highest BCUT2D eigenvalue weighted by Crippen LogP contribution is 2.25. The zero-order valence-corrected chi connectivity index (χ0v) is 14.6. The normalized spacial score (nSPS) is 12.4. The second-order valence-electron chi connectivity index (χ2n) is 4.83. The fraction of sp³-hybridized carbons (Fsp3) is 0.250. The maximum absolute atomic E-state index is 13.1. The van der Waals surface area contributed by atoms with Gasteiger partial charge in [0.2, 0.25) is 0 Å². The Balaban J connectivity index is 1.93.